The fourth-order valence-electron chi connectivity index (χ4n) is 3.85. The molecule has 0 radical (unpaired) electrons. The fourth-order valence-corrected chi connectivity index (χ4v) is 3.85. The van der Waals surface area contributed by atoms with Crippen molar-refractivity contribution < 1.29 is 9.32 Å². The molecule has 0 amide bonds. The molecule has 4 heteroatoms. The molecule has 0 N–H and O–H groups in total. The number of hydrogen-bond acceptors (Lipinski definition) is 4. The number of rotatable bonds is 3. The van der Waals surface area contributed by atoms with Crippen molar-refractivity contribution in [2.24, 2.45) is 10.4 Å². The van der Waals surface area contributed by atoms with Crippen molar-refractivity contribution in [1.29, 1.82) is 0 Å². The molecule has 2 aliphatic rings. The lowest BCUT2D eigenvalue weighted by Gasteiger charge is -2.43. The van der Waals surface area contributed by atoms with Crippen molar-refractivity contribution >= 4 is 12.0 Å². The van der Waals surface area contributed by atoms with Crippen LogP contribution in [0.2, 0.25) is 0 Å². The van der Waals surface area contributed by atoms with Gasteiger partial charge in [0.1, 0.15) is 0 Å². The molecule has 2 aromatic rings. The monoisotopic (exact) mass is 308 g/mol. The summed E-state index contributed by atoms with van der Waals surface area (Å²) >= 11 is 0. The summed E-state index contributed by atoms with van der Waals surface area (Å²) in [7, 11) is 1.76. The Hall–Kier alpha value is -2.23. The number of ketones is 1. The second-order valence-electron chi connectivity index (χ2n) is 6.86. The van der Waals surface area contributed by atoms with Gasteiger partial charge >= 0.3 is 0 Å². The molecule has 1 spiro atoms. The summed E-state index contributed by atoms with van der Waals surface area (Å²) in [5, 5.41) is 4.21. The van der Waals surface area contributed by atoms with E-state index in [1.165, 1.54) is 6.42 Å². The lowest BCUT2D eigenvalue weighted by atomic mass is 9.60. The molecule has 4 rings (SSSR count). The number of nitrogens with zero attached hydrogens (tertiary/aromatic N) is 2. The van der Waals surface area contributed by atoms with Crippen LogP contribution < -0.4 is 0 Å². The summed E-state index contributed by atoms with van der Waals surface area (Å²) in [4.78, 5) is 16.6. The fraction of sp³-hybridized carbons (Fsp3) is 0.421. The highest BCUT2D eigenvalue weighted by molar-refractivity contribution is 5.99. The molecule has 23 heavy (non-hydrogen) atoms. The molecular weight excluding hydrogens is 288 g/mol. The smallest absolute Gasteiger partial charge is 0.168 e. The van der Waals surface area contributed by atoms with Crippen molar-refractivity contribution in [3.05, 3.63) is 52.4 Å². The van der Waals surface area contributed by atoms with E-state index in [0.717, 1.165) is 47.4 Å². The minimum absolute atomic E-state index is 0.194. The van der Waals surface area contributed by atoms with Crippen LogP contribution in [0.15, 0.2) is 33.8 Å². The zero-order valence-corrected chi connectivity index (χ0v) is 13.3. The molecule has 0 atom stereocenters. The maximum Gasteiger partial charge on any atom is 0.168 e. The van der Waals surface area contributed by atoms with Crippen LogP contribution in [0.5, 0.6) is 0 Å². The van der Waals surface area contributed by atoms with Crippen LogP contribution in [0.4, 0.5) is 0 Å². The van der Waals surface area contributed by atoms with Crippen LogP contribution in [0.3, 0.4) is 0 Å². The number of benzene rings is 1. The second kappa shape index (κ2) is 5.44. The Morgan fingerprint density at radius 1 is 1.26 bits per heavy atom. The predicted molar refractivity (Wildman–Crippen MR) is 88.2 cm³/mol. The molecule has 1 saturated carbocycles. The highest BCUT2D eigenvalue weighted by Crippen LogP contribution is 2.50. The van der Waals surface area contributed by atoms with Gasteiger partial charge in [0, 0.05) is 26.1 Å². The summed E-state index contributed by atoms with van der Waals surface area (Å²) in [5.41, 5.74) is 4.01. The number of carbonyl (C=O) groups is 1. The van der Waals surface area contributed by atoms with Crippen molar-refractivity contribution in [3.8, 4) is 0 Å². The van der Waals surface area contributed by atoms with Crippen LogP contribution in [-0.4, -0.2) is 24.2 Å². The first-order valence-electron chi connectivity index (χ1n) is 8.21. The van der Waals surface area contributed by atoms with Crippen LogP contribution in [-0.2, 0) is 12.8 Å². The molecule has 1 fully saturated rings. The predicted octanol–water partition coefficient (Wildman–Crippen LogP) is 3.61. The Morgan fingerprint density at radius 3 is 2.70 bits per heavy atom. The summed E-state index contributed by atoms with van der Waals surface area (Å²) in [5.74, 6) is 0.938. The first-order chi connectivity index (χ1) is 11.2. The average molecular weight is 308 g/mol. The molecule has 0 aliphatic heterocycles. The highest BCUT2D eigenvalue weighted by atomic mass is 16.5. The molecule has 0 saturated heterocycles. The van der Waals surface area contributed by atoms with E-state index >= 15 is 0 Å². The van der Waals surface area contributed by atoms with Crippen molar-refractivity contribution in [2.75, 3.05) is 7.05 Å². The largest absolute Gasteiger partial charge is 0.360 e. The molecule has 0 bridgehead atoms. The molecular formula is C19H20N2O2. The third kappa shape index (κ3) is 2.52. The van der Waals surface area contributed by atoms with E-state index in [0.29, 0.717) is 12.8 Å². The maximum atomic E-state index is 12.6. The molecule has 0 unspecified atom stereocenters. The quantitative estimate of drug-likeness (QED) is 0.814. The highest BCUT2D eigenvalue weighted by Gasteiger charge is 2.45. The minimum Gasteiger partial charge on any atom is -0.360 e. The van der Waals surface area contributed by atoms with Gasteiger partial charge in [0.25, 0.3) is 0 Å². The number of carbonyl (C=O) groups excluding carboxylic acids is 1. The molecule has 1 heterocycles. The van der Waals surface area contributed by atoms with E-state index in [4.69, 9.17) is 4.52 Å². The Morgan fingerprint density at radius 2 is 2.04 bits per heavy atom. The first kappa shape index (κ1) is 14.4. The Kier molecular flexibility index (Phi) is 3.40. The Labute approximate surface area is 135 Å². The lowest BCUT2D eigenvalue weighted by molar-refractivity contribution is 0.0706. The van der Waals surface area contributed by atoms with E-state index < -0.39 is 0 Å². The van der Waals surface area contributed by atoms with Gasteiger partial charge in [-0.15, -0.1) is 0 Å². The number of aliphatic imine (C=N–C) groups is 1. The van der Waals surface area contributed by atoms with Gasteiger partial charge in [-0.2, -0.15) is 0 Å². The molecule has 2 aliphatic carbocycles. The maximum absolute atomic E-state index is 12.6. The molecule has 118 valence electrons. The number of aromatic nitrogens is 1. The van der Waals surface area contributed by atoms with Gasteiger partial charge < -0.3 is 4.52 Å². The van der Waals surface area contributed by atoms with E-state index in [2.05, 4.69) is 10.1 Å². The second-order valence-corrected chi connectivity index (χ2v) is 6.86. The Balaban J connectivity index is 1.58. The van der Waals surface area contributed by atoms with Crippen LogP contribution in [0.25, 0.3) is 0 Å². The zero-order chi connectivity index (χ0) is 15.9. The third-order valence-electron chi connectivity index (χ3n) is 5.23. The average Bonchev–Trinajstić information content (AvgIpc) is 2.91. The van der Waals surface area contributed by atoms with Crippen molar-refractivity contribution in [1.82, 2.24) is 5.16 Å². The van der Waals surface area contributed by atoms with Gasteiger partial charge in [-0.25, -0.2) is 0 Å². The zero-order valence-electron chi connectivity index (χ0n) is 13.3. The van der Waals surface area contributed by atoms with E-state index in [1.54, 1.807) is 7.05 Å². The number of hydrogen-bond donors (Lipinski definition) is 0. The van der Waals surface area contributed by atoms with Gasteiger partial charge in [-0.1, -0.05) is 35.8 Å². The standard InChI is InChI=1S/C19H20N2O2/c1-20-12-14-5-3-13(4-6-14)9-17-18-15(21-23-17)10-19(7-2-8-19)11-16(18)22/h3-6,12H,2,7-11H2,1H3/b20-12-. The van der Waals surface area contributed by atoms with Gasteiger partial charge in [-0.3, -0.25) is 9.79 Å². The van der Waals surface area contributed by atoms with E-state index in [-0.39, 0.29) is 11.2 Å². The number of fused-ring (bicyclic) bond motifs is 1. The summed E-state index contributed by atoms with van der Waals surface area (Å²) in [6, 6.07) is 8.14. The van der Waals surface area contributed by atoms with Crippen LogP contribution in [0.1, 0.15) is 58.6 Å². The topological polar surface area (TPSA) is 55.5 Å². The van der Waals surface area contributed by atoms with Crippen molar-refractivity contribution in [2.45, 2.75) is 38.5 Å². The molecule has 1 aromatic carbocycles. The van der Waals surface area contributed by atoms with Gasteiger partial charge in [0.15, 0.2) is 11.5 Å². The van der Waals surface area contributed by atoms with Gasteiger partial charge in [-0.05, 0) is 35.8 Å². The Bertz CT molecular complexity index is 767. The van der Waals surface area contributed by atoms with Gasteiger partial charge in [0.2, 0.25) is 0 Å². The molecule has 4 nitrogen and oxygen atoms in total. The lowest BCUT2D eigenvalue weighted by Crippen LogP contribution is -2.38. The normalized spacial score (nSPS) is 19.1. The SMILES string of the molecule is C/N=C\c1ccc(Cc2onc3c2C(=O)CC2(CCC2)C3)cc1. The number of Topliss-reactive ketones (excluding diaryl/α,β-unsaturated/α-hetero) is 1. The van der Waals surface area contributed by atoms with Crippen LogP contribution >= 0.6 is 0 Å². The summed E-state index contributed by atoms with van der Waals surface area (Å²) in [6.07, 6.45) is 7.55. The minimum atomic E-state index is 0.194. The van der Waals surface area contributed by atoms with E-state index in [9.17, 15) is 4.79 Å². The van der Waals surface area contributed by atoms with Crippen molar-refractivity contribution in [3.63, 3.8) is 0 Å². The van der Waals surface area contributed by atoms with E-state index in [1.807, 2.05) is 30.5 Å². The molecule has 1 aromatic heterocycles. The van der Waals surface area contributed by atoms with Crippen LogP contribution in [0, 0.1) is 5.41 Å². The third-order valence-corrected chi connectivity index (χ3v) is 5.23. The summed E-state index contributed by atoms with van der Waals surface area (Å²) < 4.78 is 5.53. The summed E-state index contributed by atoms with van der Waals surface area (Å²) in [6.45, 7) is 0. The van der Waals surface area contributed by atoms with Gasteiger partial charge in [0.05, 0.1) is 11.3 Å². The first-order valence-corrected chi connectivity index (χ1v) is 8.21.